The van der Waals surface area contributed by atoms with Gasteiger partial charge in [0.1, 0.15) is 11.5 Å². The quantitative estimate of drug-likeness (QED) is 0.438. The highest BCUT2D eigenvalue weighted by Crippen LogP contribution is 2.27. The van der Waals surface area contributed by atoms with Gasteiger partial charge in [-0.05, 0) is 56.1 Å². The Labute approximate surface area is 199 Å². The van der Waals surface area contributed by atoms with Crippen LogP contribution in [0.25, 0.3) is 16.9 Å². The lowest BCUT2D eigenvalue weighted by atomic mass is 9.95. The third kappa shape index (κ3) is 4.87. The Balaban J connectivity index is 1.20. The first-order valence-corrected chi connectivity index (χ1v) is 11.9. The van der Waals surface area contributed by atoms with E-state index in [1.165, 1.54) is 11.8 Å². The summed E-state index contributed by atoms with van der Waals surface area (Å²) >= 11 is 0. The highest BCUT2D eigenvalue weighted by Gasteiger charge is 2.26. The summed E-state index contributed by atoms with van der Waals surface area (Å²) in [5, 5.41) is 3.01. The molecule has 0 radical (unpaired) electrons. The predicted molar refractivity (Wildman–Crippen MR) is 132 cm³/mol. The van der Waals surface area contributed by atoms with Crippen LogP contribution in [0.5, 0.6) is 0 Å². The molecule has 0 atom stereocenters. The molecule has 1 aliphatic heterocycles. The fourth-order valence-electron chi connectivity index (χ4n) is 4.76. The van der Waals surface area contributed by atoms with Crippen molar-refractivity contribution in [2.24, 2.45) is 5.92 Å². The van der Waals surface area contributed by atoms with Gasteiger partial charge in [-0.3, -0.25) is 9.69 Å². The normalized spacial score (nSPS) is 15.0. The Bertz CT molecular complexity index is 1260. The number of hydrogen-bond acceptors (Lipinski definition) is 3. The number of pyridine rings is 1. The first-order valence-electron chi connectivity index (χ1n) is 11.9. The SMILES string of the molecule is O=C(NCCc1ccccc1F)C1CCN(Cc2c(-c3ccccc3)nc3ccccn23)CC1. The van der Waals surface area contributed by atoms with Crippen LogP contribution in [0.3, 0.4) is 0 Å². The molecule has 0 bridgehead atoms. The van der Waals surface area contributed by atoms with Gasteiger partial charge < -0.3 is 9.72 Å². The lowest BCUT2D eigenvalue weighted by Crippen LogP contribution is -2.40. The molecule has 34 heavy (non-hydrogen) atoms. The van der Waals surface area contributed by atoms with Crippen molar-refractivity contribution >= 4 is 11.6 Å². The van der Waals surface area contributed by atoms with Crippen molar-refractivity contribution in [1.29, 1.82) is 0 Å². The molecule has 0 aliphatic carbocycles. The molecule has 0 unspecified atom stereocenters. The van der Waals surface area contributed by atoms with Crippen LogP contribution >= 0.6 is 0 Å². The van der Waals surface area contributed by atoms with Gasteiger partial charge in [-0.25, -0.2) is 9.37 Å². The fourth-order valence-corrected chi connectivity index (χ4v) is 4.76. The molecule has 1 N–H and O–H groups in total. The molecule has 1 saturated heterocycles. The number of nitrogens with one attached hydrogen (secondary N) is 1. The molecule has 5 nitrogen and oxygen atoms in total. The Hall–Kier alpha value is -3.51. The summed E-state index contributed by atoms with van der Waals surface area (Å²) in [5.74, 6) is -0.129. The molecule has 3 heterocycles. The highest BCUT2D eigenvalue weighted by atomic mass is 19.1. The highest BCUT2D eigenvalue weighted by molar-refractivity contribution is 5.78. The number of nitrogens with zero attached hydrogens (tertiary/aromatic N) is 3. The first-order chi connectivity index (χ1) is 16.7. The van der Waals surface area contributed by atoms with E-state index in [9.17, 15) is 9.18 Å². The van der Waals surface area contributed by atoms with Crippen LogP contribution in [-0.2, 0) is 17.8 Å². The smallest absolute Gasteiger partial charge is 0.223 e. The van der Waals surface area contributed by atoms with E-state index in [0.29, 0.717) is 18.5 Å². The van der Waals surface area contributed by atoms with Gasteiger partial charge in [0.15, 0.2) is 0 Å². The number of imidazole rings is 1. The lowest BCUT2D eigenvalue weighted by molar-refractivity contribution is -0.126. The monoisotopic (exact) mass is 456 g/mol. The van der Waals surface area contributed by atoms with Gasteiger partial charge in [-0.1, -0.05) is 54.6 Å². The molecule has 2 aromatic heterocycles. The number of carbonyl (C=O) groups excluding carboxylic acids is 1. The number of aromatic nitrogens is 2. The summed E-state index contributed by atoms with van der Waals surface area (Å²) in [6.07, 6.45) is 4.22. The molecule has 1 amide bonds. The second-order valence-electron chi connectivity index (χ2n) is 8.88. The van der Waals surface area contributed by atoms with Crippen LogP contribution < -0.4 is 5.32 Å². The molecular formula is C28H29FN4O. The summed E-state index contributed by atoms with van der Waals surface area (Å²) in [6, 6.07) is 23.1. The molecule has 1 fully saturated rings. The Morgan fingerprint density at radius 1 is 0.971 bits per heavy atom. The van der Waals surface area contributed by atoms with Crippen molar-refractivity contribution in [3.8, 4) is 11.3 Å². The van der Waals surface area contributed by atoms with Crippen molar-refractivity contribution in [1.82, 2.24) is 19.6 Å². The minimum Gasteiger partial charge on any atom is -0.356 e. The van der Waals surface area contributed by atoms with Gasteiger partial charge in [0.05, 0.1) is 11.4 Å². The van der Waals surface area contributed by atoms with Crippen molar-refractivity contribution < 1.29 is 9.18 Å². The van der Waals surface area contributed by atoms with Gasteiger partial charge in [-0.15, -0.1) is 0 Å². The number of hydrogen-bond donors (Lipinski definition) is 1. The number of piperidine rings is 1. The minimum absolute atomic E-state index is 0.00708. The van der Waals surface area contributed by atoms with Crippen LogP contribution in [-0.4, -0.2) is 39.8 Å². The minimum atomic E-state index is -0.215. The number of benzene rings is 2. The zero-order valence-electron chi connectivity index (χ0n) is 19.2. The van der Waals surface area contributed by atoms with E-state index in [-0.39, 0.29) is 17.6 Å². The second kappa shape index (κ2) is 10.2. The number of carbonyl (C=O) groups is 1. The summed E-state index contributed by atoms with van der Waals surface area (Å²) in [6.45, 7) is 2.97. The number of amides is 1. The molecular weight excluding hydrogens is 427 g/mol. The average molecular weight is 457 g/mol. The van der Waals surface area contributed by atoms with Crippen LogP contribution in [0.1, 0.15) is 24.1 Å². The molecule has 2 aromatic carbocycles. The molecule has 4 aromatic rings. The van der Waals surface area contributed by atoms with Crippen LogP contribution in [0.4, 0.5) is 4.39 Å². The van der Waals surface area contributed by atoms with Crippen molar-refractivity contribution in [3.63, 3.8) is 0 Å². The van der Waals surface area contributed by atoms with Gasteiger partial charge in [0.25, 0.3) is 0 Å². The van der Waals surface area contributed by atoms with E-state index in [2.05, 4.69) is 32.9 Å². The maximum atomic E-state index is 13.8. The number of fused-ring (bicyclic) bond motifs is 1. The van der Waals surface area contributed by atoms with E-state index in [0.717, 1.165) is 49.4 Å². The van der Waals surface area contributed by atoms with E-state index >= 15 is 0 Å². The molecule has 0 saturated carbocycles. The Morgan fingerprint density at radius 2 is 1.71 bits per heavy atom. The Kier molecular flexibility index (Phi) is 6.67. The maximum absolute atomic E-state index is 13.8. The molecule has 174 valence electrons. The number of halogens is 1. The molecule has 1 aliphatic rings. The van der Waals surface area contributed by atoms with E-state index < -0.39 is 0 Å². The topological polar surface area (TPSA) is 49.6 Å². The van der Waals surface area contributed by atoms with E-state index in [1.54, 1.807) is 12.1 Å². The average Bonchev–Trinajstić information content (AvgIpc) is 3.24. The zero-order chi connectivity index (χ0) is 23.3. The van der Waals surface area contributed by atoms with Gasteiger partial charge in [0.2, 0.25) is 5.91 Å². The standard InChI is InChI=1S/C28H29FN4O/c29-24-11-5-4-8-21(24)13-16-30-28(34)23-14-18-32(19-15-23)20-25-27(22-9-2-1-3-10-22)31-26-12-6-7-17-33(25)26/h1-12,17,23H,13-16,18-20H2,(H,30,34). The number of likely N-dealkylation sites (tertiary alicyclic amines) is 1. The fraction of sp³-hybridized carbons (Fsp3) is 0.286. The predicted octanol–water partition coefficient (Wildman–Crippen LogP) is 4.71. The number of rotatable bonds is 7. The summed E-state index contributed by atoms with van der Waals surface area (Å²) in [4.78, 5) is 20.0. The van der Waals surface area contributed by atoms with Crippen molar-refractivity contribution in [2.45, 2.75) is 25.8 Å². The Morgan fingerprint density at radius 3 is 2.50 bits per heavy atom. The first kappa shape index (κ1) is 22.3. The third-order valence-corrected chi connectivity index (χ3v) is 6.66. The summed E-state index contributed by atoms with van der Waals surface area (Å²) < 4.78 is 15.9. The lowest BCUT2D eigenvalue weighted by Gasteiger charge is -2.31. The van der Waals surface area contributed by atoms with E-state index in [1.807, 2.05) is 42.5 Å². The van der Waals surface area contributed by atoms with Crippen LogP contribution in [0.2, 0.25) is 0 Å². The van der Waals surface area contributed by atoms with Gasteiger partial charge >= 0.3 is 0 Å². The van der Waals surface area contributed by atoms with Gasteiger partial charge in [-0.2, -0.15) is 0 Å². The maximum Gasteiger partial charge on any atom is 0.223 e. The second-order valence-corrected chi connectivity index (χ2v) is 8.88. The molecule has 6 heteroatoms. The molecule has 5 rings (SSSR count). The van der Waals surface area contributed by atoms with Crippen molar-refractivity contribution in [3.05, 3.63) is 96.1 Å². The molecule has 0 spiro atoms. The van der Waals surface area contributed by atoms with Crippen molar-refractivity contribution in [2.75, 3.05) is 19.6 Å². The van der Waals surface area contributed by atoms with Crippen LogP contribution in [0.15, 0.2) is 79.0 Å². The van der Waals surface area contributed by atoms with E-state index in [4.69, 9.17) is 4.98 Å². The largest absolute Gasteiger partial charge is 0.356 e. The third-order valence-electron chi connectivity index (χ3n) is 6.66. The van der Waals surface area contributed by atoms with Gasteiger partial charge in [0, 0.05) is 30.8 Å². The summed E-state index contributed by atoms with van der Waals surface area (Å²) in [5.41, 5.74) is 4.89. The summed E-state index contributed by atoms with van der Waals surface area (Å²) in [7, 11) is 0. The van der Waals surface area contributed by atoms with Crippen LogP contribution in [0, 0.1) is 11.7 Å². The zero-order valence-corrected chi connectivity index (χ0v) is 19.2.